The van der Waals surface area contributed by atoms with Gasteiger partial charge in [-0.25, -0.2) is 0 Å². The zero-order valence-electron chi connectivity index (χ0n) is 12.5. The van der Waals surface area contributed by atoms with Crippen LogP contribution in [0.4, 0.5) is 0 Å². The number of Topliss-reactive ketones (excluding diaryl/α,β-unsaturated/α-hetero) is 1. The summed E-state index contributed by atoms with van der Waals surface area (Å²) < 4.78 is 11.9. The smallest absolute Gasteiger partial charge is 0.177 e. The number of hydrogen-bond donors (Lipinski definition) is 0. The Morgan fingerprint density at radius 3 is 2.42 bits per heavy atom. The van der Waals surface area contributed by atoms with Gasteiger partial charge in [0.25, 0.3) is 0 Å². The van der Waals surface area contributed by atoms with Crippen LogP contribution in [0.5, 0.6) is 0 Å². The van der Waals surface area contributed by atoms with Crippen LogP contribution in [-0.2, 0) is 14.3 Å². The van der Waals surface area contributed by atoms with Crippen molar-refractivity contribution in [1.29, 1.82) is 0 Å². The van der Waals surface area contributed by atoms with Crippen molar-refractivity contribution in [3.63, 3.8) is 0 Å². The largest absolute Gasteiger partial charge is 0.347 e. The van der Waals surface area contributed by atoms with Crippen LogP contribution < -0.4 is 0 Å². The number of carbonyl (C=O) groups excluding carboxylic acids is 1. The normalized spacial score (nSPS) is 24.8. The molecule has 1 aliphatic heterocycles. The Morgan fingerprint density at radius 2 is 1.89 bits per heavy atom. The summed E-state index contributed by atoms with van der Waals surface area (Å²) >= 11 is 0. The molecule has 1 fully saturated rings. The van der Waals surface area contributed by atoms with E-state index in [0.29, 0.717) is 25.2 Å². The summed E-state index contributed by atoms with van der Waals surface area (Å²) in [6.07, 6.45) is 2.24. The molecule has 0 aromatic rings. The van der Waals surface area contributed by atoms with E-state index in [0.717, 1.165) is 18.4 Å². The lowest BCUT2D eigenvalue weighted by atomic mass is 9.66. The molecule has 0 unspecified atom stereocenters. The van der Waals surface area contributed by atoms with Gasteiger partial charge in [0.05, 0.1) is 13.2 Å². The molecule has 0 saturated carbocycles. The second-order valence-corrected chi connectivity index (χ2v) is 6.21. The van der Waals surface area contributed by atoms with Gasteiger partial charge in [0.2, 0.25) is 0 Å². The molecule has 2 aliphatic rings. The third-order valence-electron chi connectivity index (χ3n) is 4.62. The summed E-state index contributed by atoms with van der Waals surface area (Å²) in [4.78, 5) is 12.0. The van der Waals surface area contributed by atoms with Crippen molar-refractivity contribution in [1.82, 2.24) is 0 Å². The molecule has 1 aliphatic carbocycles. The first-order valence-electron chi connectivity index (χ1n) is 6.96. The summed E-state index contributed by atoms with van der Waals surface area (Å²) in [5, 5.41) is 0. The van der Waals surface area contributed by atoms with E-state index in [-0.39, 0.29) is 11.2 Å². The van der Waals surface area contributed by atoms with E-state index in [4.69, 9.17) is 9.47 Å². The molecule has 1 heterocycles. The Labute approximate surface area is 115 Å². The molecule has 0 amide bonds. The minimum Gasteiger partial charge on any atom is -0.347 e. The van der Waals surface area contributed by atoms with Gasteiger partial charge in [0.15, 0.2) is 11.6 Å². The number of allylic oxidation sites excluding steroid dienone is 2. The van der Waals surface area contributed by atoms with Crippen molar-refractivity contribution in [2.45, 2.75) is 52.7 Å². The van der Waals surface area contributed by atoms with Crippen molar-refractivity contribution in [3.8, 4) is 0 Å². The van der Waals surface area contributed by atoms with Crippen LogP contribution in [0.25, 0.3) is 0 Å². The van der Waals surface area contributed by atoms with E-state index >= 15 is 0 Å². The van der Waals surface area contributed by atoms with E-state index in [9.17, 15) is 4.79 Å². The lowest BCUT2D eigenvalue weighted by Gasteiger charge is -2.47. The number of ether oxygens (including phenoxy) is 2. The zero-order valence-corrected chi connectivity index (χ0v) is 12.5. The van der Waals surface area contributed by atoms with Gasteiger partial charge in [-0.1, -0.05) is 31.6 Å². The Bertz CT molecular complexity index is 437. The molecule has 3 nitrogen and oxygen atoms in total. The maximum absolute atomic E-state index is 12.0. The fourth-order valence-electron chi connectivity index (χ4n) is 3.22. The Kier molecular flexibility index (Phi) is 3.72. The topological polar surface area (TPSA) is 35.5 Å². The van der Waals surface area contributed by atoms with Crippen LogP contribution in [-0.4, -0.2) is 24.8 Å². The molecule has 0 bridgehead atoms. The monoisotopic (exact) mass is 264 g/mol. The lowest BCUT2D eigenvalue weighted by molar-refractivity contribution is -0.224. The second kappa shape index (κ2) is 4.88. The van der Waals surface area contributed by atoms with Crippen molar-refractivity contribution in [2.75, 3.05) is 13.2 Å². The van der Waals surface area contributed by atoms with Crippen LogP contribution in [0.2, 0.25) is 0 Å². The maximum atomic E-state index is 12.0. The Balaban J connectivity index is 2.34. The molecule has 106 valence electrons. The molecular weight excluding hydrogens is 240 g/mol. The van der Waals surface area contributed by atoms with Gasteiger partial charge in [0, 0.05) is 18.3 Å². The zero-order chi connectivity index (χ0) is 14.3. The molecule has 0 N–H and O–H groups in total. The average Bonchev–Trinajstić information content (AvgIpc) is 2.80. The SMILES string of the molecule is C=C(C)C(=O)CC1=C(C)CCC2(OCCO2)C1(C)C. The predicted molar refractivity (Wildman–Crippen MR) is 74.8 cm³/mol. The predicted octanol–water partition coefficient (Wildman–Crippen LogP) is 3.40. The van der Waals surface area contributed by atoms with Gasteiger partial charge in [-0.2, -0.15) is 0 Å². The summed E-state index contributed by atoms with van der Waals surface area (Å²) in [7, 11) is 0. The quantitative estimate of drug-likeness (QED) is 0.579. The van der Waals surface area contributed by atoms with Crippen LogP contribution in [0.15, 0.2) is 23.3 Å². The highest BCUT2D eigenvalue weighted by molar-refractivity contribution is 5.96. The molecular formula is C16H24O3. The van der Waals surface area contributed by atoms with E-state index in [1.165, 1.54) is 5.57 Å². The second-order valence-electron chi connectivity index (χ2n) is 6.21. The summed E-state index contributed by atoms with van der Waals surface area (Å²) in [5.74, 6) is -0.436. The fourth-order valence-corrected chi connectivity index (χ4v) is 3.22. The minimum absolute atomic E-state index is 0.109. The first kappa shape index (κ1) is 14.5. The third kappa shape index (κ3) is 2.30. The average molecular weight is 264 g/mol. The highest BCUT2D eigenvalue weighted by Crippen LogP contribution is 2.52. The molecule has 0 atom stereocenters. The van der Waals surface area contributed by atoms with Gasteiger partial charge in [0.1, 0.15) is 0 Å². The molecule has 0 radical (unpaired) electrons. The van der Waals surface area contributed by atoms with Gasteiger partial charge >= 0.3 is 0 Å². The van der Waals surface area contributed by atoms with E-state index < -0.39 is 5.79 Å². The number of ketones is 1. The Morgan fingerprint density at radius 1 is 1.32 bits per heavy atom. The molecule has 0 aromatic carbocycles. The van der Waals surface area contributed by atoms with Gasteiger partial charge in [-0.05, 0) is 25.8 Å². The summed E-state index contributed by atoms with van der Waals surface area (Å²) in [6.45, 7) is 13.2. The summed E-state index contributed by atoms with van der Waals surface area (Å²) in [5.41, 5.74) is 2.80. The fraction of sp³-hybridized carbons (Fsp3) is 0.688. The Hall–Kier alpha value is -0.930. The molecule has 19 heavy (non-hydrogen) atoms. The van der Waals surface area contributed by atoms with Gasteiger partial charge in [-0.3, -0.25) is 4.79 Å². The number of hydrogen-bond acceptors (Lipinski definition) is 3. The first-order valence-corrected chi connectivity index (χ1v) is 6.96. The standard InChI is InChI=1S/C16H24O3/c1-11(2)14(17)10-13-12(3)6-7-16(15(13,4)5)18-8-9-19-16/h1,6-10H2,2-5H3. The van der Waals surface area contributed by atoms with E-state index in [2.05, 4.69) is 27.4 Å². The minimum atomic E-state index is -0.544. The molecule has 1 spiro atoms. The number of carbonyl (C=O) groups is 1. The van der Waals surface area contributed by atoms with Crippen molar-refractivity contribution in [3.05, 3.63) is 23.3 Å². The van der Waals surface area contributed by atoms with Crippen LogP contribution in [0.3, 0.4) is 0 Å². The lowest BCUT2D eigenvalue weighted by Crippen LogP contribution is -2.49. The van der Waals surface area contributed by atoms with Crippen molar-refractivity contribution >= 4 is 5.78 Å². The first-order chi connectivity index (χ1) is 8.80. The van der Waals surface area contributed by atoms with E-state index in [1.807, 2.05) is 0 Å². The van der Waals surface area contributed by atoms with Crippen LogP contribution >= 0.6 is 0 Å². The van der Waals surface area contributed by atoms with Gasteiger partial charge in [-0.15, -0.1) is 0 Å². The van der Waals surface area contributed by atoms with Crippen molar-refractivity contribution in [2.24, 2.45) is 5.41 Å². The van der Waals surface area contributed by atoms with Crippen LogP contribution in [0.1, 0.15) is 47.0 Å². The molecule has 2 rings (SSSR count). The molecule has 0 aromatic heterocycles. The highest BCUT2D eigenvalue weighted by atomic mass is 16.7. The molecule has 1 saturated heterocycles. The number of rotatable bonds is 3. The maximum Gasteiger partial charge on any atom is 0.177 e. The van der Waals surface area contributed by atoms with E-state index in [1.54, 1.807) is 6.92 Å². The van der Waals surface area contributed by atoms with Crippen molar-refractivity contribution < 1.29 is 14.3 Å². The third-order valence-corrected chi connectivity index (χ3v) is 4.62. The summed E-state index contributed by atoms with van der Waals surface area (Å²) in [6, 6.07) is 0. The highest BCUT2D eigenvalue weighted by Gasteiger charge is 2.54. The van der Waals surface area contributed by atoms with Crippen LogP contribution in [0, 0.1) is 5.41 Å². The molecule has 3 heteroatoms. The van der Waals surface area contributed by atoms with Gasteiger partial charge < -0.3 is 9.47 Å².